The minimum atomic E-state index is -0.488. The number of thioether (sulfide) groups is 1. The van der Waals surface area contributed by atoms with Gasteiger partial charge in [0.25, 0.3) is 0 Å². The summed E-state index contributed by atoms with van der Waals surface area (Å²) in [6, 6.07) is 0. The Hall–Kier alpha value is -0.910. The fraction of sp³-hybridized carbons (Fsp3) is 0.875. The molecule has 2 aliphatic heterocycles. The van der Waals surface area contributed by atoms with Crippen molar-refractivity contribution in [1.29, 1.82) is 0 Å². The van der Waals surface area contributed by atoms with Gasteiger partial charge in [-0.3, -0.25) is 4.79 Å². The van der Waals surface area contributed by atoms with E-state index in [0.29, 0.717) is 13.1 Å². The van der Waals surface area contributed by atoms with Gasteiger partial charge in [0, 0.05) is 24.8 Å². The summed E-state index contributed by atoms with van der Waals surface area (Å²) in [6.07, 6.45) is 1.60. The summed E-state index contributed by atoms with van der Waals surface area (Å²) in [4.78, 5) is 28.4. The summed E-state index contributed by atoms with van der Waals surface area (Å²) in [6.45, 7) is 11.6. The molecule has 0 saturated carbocycles. The number of carbonyl (C=O) groups excluding carboxylic acids is 2. The Balaban J connectivity index is 2.11. The first-order valence-corrected chi connectivity index (χ1v) is 9.06. The van der Waals surface area contributed by atoms with Crippen LogP contribution in [0.15, 0.2) is 0 Å². The summed E-state index contributed by atoms with van der Waals surface area (Å²) in [5.41, 5.74) is -0.488. The van der Waals surface area contributed by atoms with E-state index < -0.39 is 5.60 Å². The molecular weight excluding hydrogens is 300 g/mol. The van der Waals surface area contributed by atoms with Crippen LogP contribution in [0, 0.1) is 5.92 Å². The standard InChI is InChI=1S/C16H28N2O3S/c1-12(2)13(19)18-9-10-22-16(18)7-6-8-17(11-16)14(20)21-15(3,4)5/h12H,6-11H2,1-5H3. The molecule has 2 amide bonds. The van der Waals surface area contributed by atoms with Crippen molar-refractivity contribution in [2.75, 3.05) is 25.4 Å². The first-order chi connectivity index (χ1) is 10.1. The molecule has 2 saturated heterocycles. The molecule has 2 aliphatic rings. The van der Waals surface area contributed by atoms with Crippen LogP contribution in [0.1, 0.15) is 47.5 Å². The van der Waals surface area contributed by atoms with Crippen molar-refractivity contribution in [3.05, 3.63) is 0 Å². The highest BCUT2D eigenvalue weighted by Crippen LogP contribution is 2.43. The Morgan fingerprint density at radius 2 is 1.91 bits per heavy atom. The molecule has 2 fully saturated rings. The Morgan fingerprint density at radius 1 is 1.23 bits per heavy atom. The second-order valence-corrected chi connectivity index (χ2v) is 8.90. The molecule has 0 aromatic heterocycles. The number of likely N-dealkylation sites (tertiary alicyclic amines) is 1. The quantitative estimate of drug-likeness (QED) is 0.742. The van der Waals surface area contributed by atoms with E-state index in [4.69, 9.17) is 4.74 Å². The average molecular weight is 328 g/mol. The molecule has 6 heteroatoms. The Labute approximate surface area is 137 Å². The van der Waals surface area contributed by atoms with Crippen molar-refractivity contribution in [3.63, 3.8) is 0 Å². The Kier molecular flexibility index (Phi) is 5.00. The van der Waals surface area contributed by atoms with Crippen LogP contribution in [0.25, 0.3) is 0 Å². The van der Waals surface area contributed by atoms with Gasteiger partial charge in [-0.2, -0.15) is 0 Å². The van der Waals surface area contributed by atoms with Crippen molar-refractivity contribution in [1.82, 2.24) is 9.80 Å². The normalized spacial score (nSPS) is 25.9. The van der Waals surface area contributed by atoms with Crippen LogP contribution in [0.5, 0.6) is 0 Å². The maximum atomic E-state index is 12.5. The van der Waals surface area contributed by atoms with Crippen LogP contribution in [0.4, 0.5) is 4.79 Å². The molecule has 0 bridgehead atoms. The van der Waals surface area contributed by atoms with Crippen LogP contribution < -0.4 is 0 Å². The Morgan fingerprint density at radius 3 is 2.50 bits per heavy atom. The molecule has 0 aromatic carbocycles. The number of carbonyl (C=O) groups is 2. The molecule has 2 heterocycles. The van der Waals surface area contributed by atoms with Gasteiger partial charge >= 0.3 is 6.09 Å². The van der Waals surface area contributed by atoms with Crippen LogP contribution >= 0.6 is 11.8 Å². The number of rotatable bonds is 1. The molecular formula is C16H28N2O3S. The predicted molar refractivity (Wildman–Crippen MR) is 88.8 cm³/mol. The number of ether oxygens (including phenoxy) is 1. The van der Waals surface area contributed by atoms with Crippen LogP contribution in [-0.2, 0) is 9.53 Å². The predicted octanol–water partition coefficient (Wildman–Crippen LogP) is 2.95. The first-order valence-electron chi connectivity index (χ1n) is 8.08. The maximum absolute atomic E-state index is 12.5. The highest BCUT2D eigenvalue weighted by molar-refractivity contribution is 8.00. The van der Waals surface area contributed by atoms with Gasteiger partial charge in [-0.25, -0.2) is 4.79 Å². The molecule has 2 rings (SSSR count). The zero-order valence-electron chi connectivity index (χ0n) is 14.3. The third-order valence-electron chi connectivity index (χ3n) is 4.02. The van der Waals surface area contributed by atoms with E-state index in [-0.39, 0.29) is 22.8 Å². The minimum Gasteiger partial charge on any atom is -0.444 e. The topological polar surface area (TPSA) is 49.9 Å². The van der Waals surface area contributed by atoms with Crippen LogP contribution in [0.2, 0.25) is 0 Å². The average Bonchev–Trinajstić information content (AvgIpc) is 2.78. The zero-order chi connectivity index (χ0) is 16.5. The number of hydrogen-bond acceptors (Lipinski definition) is 4. The molecule has 1 unspecified atom stereocenters. The molecule has 1 atom stereocenters. The van der Waals surface area contributed by atoms with Gasteiger partial charge in [0.15, 0.2) is 0 Å². The highest BCUT2D eigenvalue weighted by Gasteiger charge is 2.48. The number of amides is 2. The fourth-order valence-corrected chi connectivity index (χ4v) is 4.58. The molecule has 126 valence electrons. The van der Waals surface area contributed by atoms with E-state index in [9.17, 15) is 9.59 Å². The first kappa shape index (κ1) is 17.4. The maximum Gasteiger partial charge on any atom is 0.410 e. The van der Waals surface area contributed by atoms with Crippen molar-refractivity contribution in [3.8, 4) is 0 Å². The smallest absolute Gasteiger partial charge is 0.410 e. The lowest BCUT2D eigenvalue weighted by Crippen LogP contribution is -2.58. The largest absolute Gasteiger partial charge is 0.444 e. The molecule has 5 nitrogen and oxygen atoms in total. The third kappa shape index (κ3) is 3.70. The molecule has 0 radical (unpaired) electrons. The van der Waals surface area contributed by atoms with Crippen molar-refractivity contribution < 1.29 is 14.3 Å². The van der Waals surface area contributed by atoms with E-state index in [1.165, 1.54) is 0 Å². The van der Waals surface area contributed by atoms with E-state index in [1.54, 1.807) is 4.90 Å². The number of nitrogens with zero attached hydrogens (tertiary/aromatic N) is 2. The summed E-state index contributed by atoms with van der Waals surface area (Å²) in [5, 5.41) is 0. The monoisotopic (exact) mass is 328 g/mol. The minimum absolute atomic E-state index is 0.00696. The number of hydrogen-bond donors (Lipinski definition) is 0. The Bertz CT molecular complexity index is 447. The van der Waals surface area contributed by atoms with Gasteiger partial charge in [0.2, 0.25) is 5.91 Å². The van der Waals surface area contributed by atoms with E-state index in [2.05, 4.69) is 0 Å². The SMILES string of the molecule is CC(C)C(=O)N1CCSC12CCCN(C(=O)OC(C)(C)C)C2. The van der Waals surface area contributed by atoms with Gasteiger partial charge in [0.1, 0.15) is 10.5 Å². The molecule has 0 N–H and O–H groups in total. The molecule has 0 aliphatic carbocycles. The molecule has 22 heavy (non-hydrogen) atoms. The lowest BCUT2D eigenvalue weighted by molar-refractivity contribution is -0.138. The highest BCUT2D eigenvalue weighted by atomic mass is 32.2. The van der Waals surface area contributed by atoms with Crippen LogP contribution in [0.3, 0.4) is 0 Å². The second-order valence-electron chi connectivity index (χ2n) is 7.44. The summed E-state index contributed by atoms with van der Waals surface area (Å²) in [7, 11) is 0. The van der Waals surface area contributed by atoms with Crippen molar-refractivity contribution in [2.45, 2.75) is 57.9 Å². The molecule has 1 spiro atoms. The summed E-state index contributed by atoms with van der Waals surface area (Å²) >= 11 is 1.81. The van der Waals surface area contributed by atoms with Gasteiger partial charge in [-0.1, -0.05) is 13.8 Å². The van der Waals surface area contributed by atoms with Gasteiger partial charge in [0.05, 0.1) is 6.54 Å². The van der Waals surface area contributed by atoms with Gasteiger partial charge in [-0.15, -0.1) is 11.8 Å². The van der Waals surface area contributed by atoms with E-state index in [1.807, 2.05) is 51.3 Å². The van der Waals surface area contributed by atoms with Crippen LogP contribution in [-0.4, -0.2) is 57.7 Å². The lowest BCUT2D eigenvalue weighted by Gasteiger charge is -2.45. The van der Waals surface area contributed by atoms with Gasteiger partial charge < -0.3 is 14.5 Å². The van der Waals surface area contributed by atoms with Crippen molar-refractivity contribution in [2.24, 2.45) is 5.92 Å². The zero-order valence-corrected chi connectivity index (χ0v) is 15.2. The third-order valence-corrected chi connectivity index (χ3v) is 5.50. The lowest BCUT2D eigenvalue weighted by atomic mass is 10.0. The summed E-state index contributed by atoms with van der Waals surface area (Å²) < 4.78 is 5.50. The summed E-state index contributed by atoms with van der Waals surface area (Å²) in [5.74, 6) is 1.13. The fourth-order valence-electron chi connectivity index (χ4n) is 3.05. The van der Waals surface area contributed by atoms with Gasteiger partial charge in [-0.05, 0) is 33.6 Å². The van der Waals surface area contributed by atoms with E-state index >= 15 is 0 Å². The van der Waals surface area contributed by atoms with Crippen molar-refractivity contribution >= 4 is 23.8 Å². The number of piperidine rings is 1. The van der Waals surface area contributed by atoms with E-state index in [0.717, 1.165) is 25.1 Å². The molecule has 0 aromatic rings. The second kappa shape index (κ2) is 6.30.